The van der Waals surface area contributed by atoms with Crippen molar-refractivity contribution in [3.63, 3.8) is 0 Å². The normalized spacial score (nSPS) is 12.8. The molecule has 0 aliphatic carbocycles. The van der Waals surface area contributed by atoms with Crippen LogP contribution in [0.15, 0.2) is 23.1 Å². The van der Waals surface area contributed by atoms with Crippen LogP contribution in [0.25, 0.3) is 0 Å². The van der Waals surface area contributed by atoms with Crippen LogP contribution in [0.2, 0.25) is 5.02 Å². The summed E-state index contributed by atoms with van der Waals surface area (Å²) >= 11 is 5.94. The highest BCUT2D eigenvalue weighted by molar-refractivity contribution is 7.89. The fraction of sp³-hybridized carbons (Fsp3) is 0.308. The SMILES string of the molecule is COc1ccc(S(=O)(=O)NC(C)c2n[nH]c(CC(=O)O)n2)cc1Cl. The lowest BCUT2D eigenvalue weighted by Gasteiger charge is -2.12. The van der Waals surface area contributed by atoms with Gasteiger partial charge in [-0.05, 0) is 25.1 Å². The Balaban J connectivity index is 2.17. The molecule has 0 saturated carbocycles. The van der Waals surface area contributed by atoms with E-state index >= 15 is 0 Å². The number of methoxy groups -OCH3 is 1. The summed E-state index contributed by atoms with van der Waals surface area (Å²) in [6.45, 7) is 1.54. The zero-order valence-corrected chi connectivity index (χ0v) is 14.3. The van der Waals surface area contributed by atoms with E-state index in [0.29, 0.717) is 5.75 Å². The largest absolute Gasteiger partial charge is 0.495 e. The number of carboxylic acids is 1. The second kappa shape index (κ2) is 7.16. The van der Waals surface area contributed by atoms with Gasteiger partial charge in [-0.15, -0.1) is 0 Å². The number of halogens is 1. The van der Waals surface area contributed by atoms with Crippen LogP contribution in [0.3, 0.4) is 0 Å². The Labute approximate surface area is 143 Å². The van der Waals surface area contributed by atoms with Crippen molar-refractivity contribution < 1.29 is 23.1 Å². The number of carbonyl (C=O) groups is 1. The summed E-state index contributed by atoms with van der Waals surface area (Å²) in [6.07, 6.45) is -0.333. The Morgan fingerprint density at radius 3 is 2.79 bits per heavy atom. The summed E-state index contributed by atoms with van der Waals surface area (Å²) < 4.78 is 32.1. The summed E-state index contributed by atoms with van der Waals surface area (Å²) in [5.74, 6) is -0.444. The highest BCUT2D eigenvalue weighted by Crippen LogP contribution is 2.27. The number of nitrogens with zero attached hydrogens (tertiary/aromatic N) is 2. The van der Waals surface area contributed by atoms with E-state index in [2.05, 4.69) is 19.9 Å². The van der Waals surface area contributed by atoms with Crippen LogP contribution in [0.4, 0.5) is 0 Å². The van der Waals surface area contributed by atoms with Crippen molar-refractivity contribution in [2.75, 3.05) is 7.11 Å². The lowest BCUT2D eigenvalue weighted by molar-refractivity contribution is -0.136. The van der Waals surface area contributed by atoms with E-state index < -0.39 is 22.0 Å². The van der Waals surface area contributed by atoms with E-state index in [1.807, 2.05) is 0 Å². The second-order valence-electron chi connectivity index (χ2n) is 4.85. The van der Waals surface area contributed by atoms with Crippen LogP contribution in [0.1, 0.15) is 24.6 Å². The summed E-state index contributed by atoms with van der Waals surface area (Å²) in [4.78, 5) is 14.5. The first-order valence-electron chi connectivity index (χ1n) is 6.71. The van der Waals surface area contributed by atoms with Crippen LogP contribution in [-0.4, -0.2) is 41.8 Å². The van der Waals surface area contributed by atoms with Crippen LogP contribution in [0.5, 0.6) is 5.75 Å². The fourth-order valence-corrected chi connectivity index (χ4v) is 3.44. The lowest BCUT2D eigenvalue weighted by Crippen LogP contribution is -2.27. The molecular weight excluding hydrogens is 360 g/mol. The Morgan fingerprint density at radius 1 is 1.50 bits per heavy atom. The van der Waals surface area contributed by atoms with Crippen molar-refractivity contribution in [3.05, 3.63) is 34.9 Å². The van der Waals surface area contributed by atoms with Crippen LogP contribution < -0.4 is 9.46 Å². The molecule has 130 valence electrons. The van der Waals surface area contributed by atoms with Gasteiger partial charge in [-0.25, -0.2) is 18.1 Å². The number of ether oxygens (including phenoxy) is 1. The van der Waals surface area contributed by atoms with E-state index in [9.17, 15) is 13.2 Å². The van der Waals surface area contributed by atoms with E-state index in [1.54, 1.807) is 0 Å². The van der Waals surface area contributed by atoms with Gasteiger partial charge in [0.2, 0.25) is 10.0 Å². The van der Waals surface area contributed by atoms with Gasteiger partial charge in [0.1, 0.15) is 18.0 Å². The number of H-pyrrole nitrogens is 1. The van der Waals surface area contributed by atoms with Crippen LogP contribution >= 0.6 is 11.6 Å². The zero-order valence-electron chi connectivity index (χ0n) is 12.8. The maximum absolute atomic E-state index is 12.4. The molecule has 1 aromatic carbocycles. The zero-order chi connectivity index (χ0) is 17.9. The number of hydrogen-bond donors (Lipinski definition) is 3. The third kappa shape index (κ3) is 4.22. The molecule has 1 aromatic heterocycles. The molecule has 1 heterocycles. The second-order valence-corrected chi connectivity index (χ2v) is 6.97. The van der Waals surface area contributed by atoms with Gasteiger partial charge >= 0.3 is 5.97 Å². The highest BCUT2D eigenvalue weighted by atomic mass is 35.5. The number of aromatic amines is 1. The summed E-state index contributed by atoms with van der Waals surface area (Å²) in [5.41, 5.74) is 0. The molecule has 0 aliphatic rings. The highest BCUT2D eigenvalue weighted by Gasteiger charge is 2.22. The molecule has 0 amide bonds. The van der Waals surface area contributed by atoms with E-state index in [1.165, 1.54) is 32.2 Å². The van der Waals surface area contributed by atoms with Crippen LogP contribution in [0, 0.1) is 0 Å². The minimum absolute atomic E-state index is 0.0403. The smallest absolute Gasteiger partial charge is 0.311 e. The minimum atomic E-state index is -3.87. The molecule has 2 rings (SSSR count). The number of aliphatic carboxylic acids is 1. The predicted octanol–water partition coefficient (Wildman–Crippen LogP) is 1.13. The first-order chi connectivity index (χ1) is 11.2. The molecule has 0 spiro atoms. The average molecular weight is 375 g/mol. The van der Waals surface area contributed by atoms with Gasteiger partial charge < -0.3 is 9.84 Å². The maximum Gasteiger partial charge on any atom is 0.311 e. The molecule has 1 unspecified atom stereocenters. The molecule has 0 bridgehead atoms. The molecule has 9 nitrogen and oxygen atoms in total. The molecule has 3 N–H and O–H groups in total. The average Bonchev–Trinajstić information content (AvgIpc) is 2.94. The Hall–Kier alpha value is -2.17. The third-order valence-corrected chi connectivity index (χ3v) is 4.85. The molecular formula is C13H15ClN4O5S. The number of hydrogen-bond acceptors (Lipinski definition) is 6. The van der Waals surface area contributed by atoms with Gasteiger partial charge in [-0.1, -0.05) is 11.6 Å². The first kappa shape index (κ1) is 18.2. The number of sulfonamides is 1. The van der Waals surface area contributed by atoms with E-state index in [-0.39, 0.29) is 28.0 Å². The number of carboxylic acid groups (broad SMARTS) is 1. The van der Waals surface area contributed by atoms with Crippen molar-refractivity contribution in [3.8, 4) is 5.75 Å². The number of aromatic nitrogens is 3. The van der Waals surface area contributed by atoms with Gasteiger partial charge in [0.05, 0.1) is 23.1 Å². The molecule has 0 saturated heterocycles. The monoisotopic (exact) mass is 374 g/mol. The quantitative estimate of drug-likeness (QED) is 0.661. The molecule has 1 atom stereocenters. The molecule has 0 radical (unpaired) electrons. The third-order valence-electron chi connectivity index (χ3n) is 3.02. The Morgan fingerprint density at radius 2 is 2.21 bits per heavy atom. The minimum Gasteiger partial charge on any atom is -0.495 e. The van der Waals surface area contributed by atoms with E-state index in [4.69, 9.17) is 21.4 Å². The van der Waals surface area contributed by atoms with Gasteiger partial charge in [-0.2, -0.15) is 5.10 Å². The number of nitrogens with one attached hydrogen (secondary N) is 2. The molecule has 24 heavy (non-hydrogen) atoms. The number of benzene rings is 1. The Kier molecular flexibility index (Phi) is 5.42. The molecule has 0 aliphatic heterocycles. The van der Waals surface area contributed by atoms with Gasteiger partial charge in [0.25, 0.3) is 0 Å². The van der Waals surface area contributed by atoms with Crippen LogP contribution in [-0.2, 0) is 21.2 Å². The fourth-order valence-electron chi connectivity index (χ4n) is 1.89. The summed E-state index contributed by atoms with van der Waals surface area (Å²) in [6, 6.07) is 3.30. The van der Waals surface area contributed by atoms with Crippen molar-refractivity contribution >= 4 is 27.6 Å². The van der Waals surface area contributed by atoms with E-state index in [0.717, 1.165) is 0 Å². The van der Waals surface area contributed by atoms with Crippen molar-refractivity contribution in [2.24, 2.45) is 0 Å². The van der Waals surface area contributed by atoms with Crippen molar-refractivity contribution in [1.82, 2.24) is 19.9 Å². The van der Waals surface area contributed by atoms with Crippen molar-refractivity contribution in [1.29, 1.82) is 0 Å². The van der Waals surface area contributed by atoms with Gasteiger partial charge in [-0.3, -0.25) is 9.89 Å². The summed E-state index contributed by atoms with van der Waals surface area (Å²) in [7, 11) is -2.44. The Bertz CT molecular complexity index is 852. The lowest BCUT2D eigenvalue weighted by atomic mass is 10.3. The topological polar surface area (TPSA) is 134 Å². The number of rotatable bonds is 7. The van der Waals surface area contributed by atoms with Gasteiger partial charge in [0.15, 0.2) is 5.82 Å². The van der Waals surface area contributed by atoms with Gasteiger partial charge in [0, 0.05) is 0 Å². The van der Waals surface area contributed by atoms with Crippen molar-refractivity contribution in [2.45, 2.75) is 24.3 Å². The maximum atomic E-state index is 12.4. The molecule has 2 aromatic rings. The summed E-state index contributed by atoms with van der Waals surface area (Å²) in [5, 5.41) is 15.1. The standard InChI is InChI=1S/C13H15ClN4O5S/c1-7(13-15-11(16-17-13)6-12(19)20)18-24(21,22)8-3-4-10(23-2)9(14)5-8/h3-5,7,18H,6H2,1-2H3,(H,19,20)(H,15,16,17). The molecule has 11 heteroatoms. The predicted molar refractivity (Wildman–Crippen MR) is 84.5 cm³/mol. The first-order valence-corrected chi connectivity index (χ1v) is 8.58. The molecule has 0 fully saturated rings.